The largest absolute Gasteiger partial charge is 0.434 e. The molecule has 0 bridgehead atoms. The lowest BCUT2D eigenvalue weighted by Gasteiger charge is -2.09. The van der Waals surface area contributed by atoms with Gasteiger partial charge in [-0.05, 0) is 24.3 Å². The van der Waals surface area contributed by atoms with E-state index in [-0.39, 0.29) is 0 Å². The van der Waals surface area contributed by atoms with Gasteiger partial charge in [-0.25, -0.2) is 22.9 Å². The summed E-state index contributed by atoms with van der Waals surface area (Å²) < 4.78 is 53.9. The maximum Gasteiger partial charge on any atom is 0.243 e. The highest BCUT2D eigenvalue weighted by atomic mass is 32.2. The third-order valence-electron chi connectivity index (χ3n) is 2.17. The zero-order valence-electron chi connectivity index (χ0n) is 9.38. The second kappa shape index (κ2) is 4.90. The normalized spacial score (nSPS) is 11.3. The van der Waals surface area contributed by atoms with Crippen LogP contribution in [0.2, 0.25) is 0 Å². The van der Waals surface area contributed by atoms with E-state index >= 15 is 0 Å². The first-order valence-corrected chi connectivity index (χ1v) is 6.54. The van der Waals surface area contributed by atoms with Crippen LogP contribution in [0.5, 0.6) is 11.6 Å². The minimum absolute atomic E-state index is 0.418. The van der Waals surface area contributed by atoms with Crippen LogP contribution in [0.15, 0.2) is 41.4 Å². The van der Waals surface area contributed by atoms with E-state index in [0.29, 0.717) is 0 Å². The molecule has 2 aromatic rings. The van der Waals surface area contributed by atoms with Gasteiger partial charge in [-0.15, -0.1) is 0 Å². The van der Waals surface area contributed by atoms with Crippen molar-refractivity contribution in [2.45, 2.75) is 4.90 Å². The highest BCUT2D eigenvalue weighted by Gasteiger charge is 2.18. The zero-order chi connectivity index (χ0) is 14.0. The van der Waals surface area contributed by atoms with Crippen LogP contribution < -0.4 is 9.88 Å². The SMILES string of the molecule is NS(=O)(=O)c1cccnc1Oc1cccc(F)c1F. The molecule has 0 spiro atoms. The average molecular weight is 286 g/mol. The third kappa shape index (κ3) is 2.85. The molecule has 2 N–H and O–H groups in total. The Morgan fingerprint density at radius 3 is 2.58 bits per heavy atom. The molecular formula is C11H8F2N2O3S. The standard InChI is InChI=1S/C11H8F2N2O3S/c12-7-3-1-4-8(10(7)13)18-11-9(19(14,16)17)5-2-6-15-11/h1-6H,(H2,14,16,17). The molecule has 0 amide bonds. The van der Waals surface area contributed by atoms with Gasteiger partial charge < -0.3 is 4.74 Å². The van der Waals surface area contributed by atoms with Crippen LogP contribution >= 0.6 is 0 Å². The highest BCUT2D eigenvalue weighted by Crippen LogP contribution is 2.28. The van der Waals surface area contributed by atoms with E-state index < -0.39 is 38.2 Å². The fraction of sp³-hybridized carbons (Fsp3) is 0. The number of pyridine rings is 1. The molecule has 8 heteroatoms. The van der Waals surface area contributed by atoms with Gasteiger partial charge in [0, 0.05) is 6.20 Å². The van der Waals surface area contributed by atoms with Crippen molar-refractivity contribution >= 4 is 10.0 Å². The molecule has 0 fully saturated rings. The first-order valence-electron chi connectivity index (χ1n) is 4.99. The summed E-state index contributed by atoms with van der Waals surface area (Å²) in [6, 6.07) is 5.73. The number of halogens is 2. The molecule has 1 aromatic carbocycles. The average Bonchev–Trinajstić information content (AvgIpc) is 2.34. The van der Waals surface area contributed by atoms with E-state index in [2.05, 4.69) is 4.98 Å². The lowest BCUT2D eigenvalue weighted by Crippen LogP contribution is -2.13. The highest BCUT2D eigenvalue weighted by molar-refractivity contribution is 7.89. The number of aromatic nitrogens is 1. The van der Waals surface area contributed by atoms with Crippen molar-refractivity contribution in [2.75, 3.05) is 0 Å². The van der Waals surface area contributed by atoms with Crippen molar-refractivity contribution in [2.24, 2.45) is 5.14 Å². The van der Waals surface area contributed by atoms with Crippen LogP contribution in [-0.2, 0) is 10.0 Å². The van der Waals surface area contributed by atoms with Crippen molar-refractivity contribution in [3.8, 4) is 11.6 Å². The van der Waals surface area contributed by atoms with Crippen LogP contribution in [0.1, 0.15) is 0 Å². The number of nitrogens with two attached hydrogens (primary N) is 1. The summed E-state index contributed by atoms with van der Waals surface area (Å²) in [4.78, 5) is 3.22. The summed E-state index contributed by atoms with van der Waals surface area (Å²) in [5.74, 6) is -3.27. The maximum absolute atomic E-state index is 13.4. The molecule has 1 aromatic heterocycles. The van der Waals surface area contributed by atoms with Crippen LogP contribution in [0.25, 0.3) is 0 Å². The second-order valence-corrected chi connectivity index (χ2v) is 5.04. The van der Waals surface area contributed by atoms with E-state index in [0.717, 1.165) is 18.2 Å². The van der Waals surface area contributed by atoms with E-state index in [4.69, 9.17) is 9.88 Å². The number of rotatable bonds is 3. The Balaban J connectivity index is 2.48. The molecule has 5 nitrogen and oxygen atoms in total. The minimum atomic E-state index is -4.08. The van der Waals surface area contributed by atoms with E-state index in [1.807, 2.05) is 0 Å². The molecule has 100 valence electrons. The number of nitrogens with zero attached hydrogens (tertiary/aromatic N) is 1. The topological polar surface area (TPSA) is 82.3 Å². The summed E-state index contributed by atoms with van der Waals surface area (Å²) >= 11 is 0. The van der Waals surface area contributed by atoms with Gasteiger partial charge in [-0.1, -0.05) is 6.07 Å². The zero-order valence-corrected chi connectivity index (χ0v) is 10.2. The van der Waals surface area contributed by atoms with Crippen molar-refractivity contribution in [3.05, 3.63) is 48.2 Å². The molecule has 19 heavy (non-hydrogen) atoms. The summed E-state index contributed by atoms with van der Waals surface area (Å²) in [6.45, 7) is 0. The van der Waals surface area contributed by atoms with Crippen LogP contribution in [0.4, 0.5) is 8.78 Å². The summed E-state index contributed by atoms with van der Waals surface area (Å²) in [5.41, 5.74) is 0. The van der Waals surface area contributed by atoms with Gasteiger partial charge in [0.2, 0.25) is 21.7 Å². The molecular weight excluding hydrogens is 278 g/mol. The second-order valence-electron chi connectivity index (χ2n) is 3.51. The van der Waals surface area contributed by atoms with Crippen LogP contribution in [0.3, 0.4) is 0 Å². The Hall–Kier alpha value is -2.06. The molecule has 0 aliphatic carbocycles. The Bertz CT molecular complexity index is 720. The maximum atomic E-state index is 13.4. The summed E-state index contributed by atoms with van der Waals surface area (Å²) in [6.07, 6.45) is 1.24. The Kier molecular flexibility index (Phi) is 3.45. The smallest absolute Gasteiger partial charge is 0.243 e. The van der Waals surface area contributed by atoms with Crippen molar-refractivity contribution in [1.29, 1.82) is 0 Å². The number of ether oxygens (including phenoxy) is 1. The molecule has 1 heterocycles. The first-order chi connectivity index (χ1) is 8.89. The fourth-order valence-electron chi connectivity index (χ4n) is 1.34. The van der Waals surface area contributed by atoms with E-state index in [1.165, 1.54) is 18.3 Å². The van der Waals surface area contributed by atoms with Gasteiger partial charge in [-0.3, -0.25) is 0 Å². The summed E-state index contributed by atoms with van der Waals surface area (Å²) in [7, 11) is -4.08. The number of sulfonamides is 1. The van der Waals surface area contributed by atoms with Gasteiger partial charge in [-0.2, -0.15) is 4.39 Å². The number of primary sulfonamides is 1. The molecule has 0 saturated carbocycles. The minimum Gasteiger partial charge on any atom is -0.434 e. The summed E-state index contributed by atoms with van der Waals surface area (Å²) in [5, 5.41) is 4.96. The molecule has 2 rings (SSSR count). The monoisotopic (exact) mass is 286 g/mol. The van der Waals surface area contributed by atoms with Crippen molar-refractivity contribution in [3.63, 3.8) is 0 Å². The fourth-order valence-corrected chi connectivity index (χ4v) is 1.94. The molecule has 0 aliphatic rings. The Labute approximate surface area is 107 Å². The molecule has 0 saturated heterocycles. The van der Waals surface area contributed by atoms with Gasteiger partial charge >= 0.3 is 0 Å². The van der Waals surface area contributed by atoms with Crippen LogP contribution in [-0.4, -0.2) is 13.4 Å². The predicted molar refractivity (Wildman–Crippen MR) is 62.0 cm³/mol. The predicted octanol–water partition coefficient (Wildman–Crippen LogP) is 1.80. The van der Waals surface area contributed by atoms with Gasteiger partial charge in [0.05, 0.1) is 0 Å². The molecule has 0 radical (unpaired) electrons. The number of hydrogen-bond donors (Lipinski definition) is 1. The molecule has 0 atom stereocenters. The lowest BCUT2D eigenvalue weighted by atomic mass is 10.3. The third-order valence-corrected chi connectivity index (χ3v) is 3.09. The van der Waals surface area contributed by atoms with Gasteiger partial charge in [0.25, 0.3) is 0 Å². The first kappa shape index (κ1) is 13.4. The number of hydrogen-bond acceptors (Lipinski definition) is 4. The van der Waals surface area contributed by atoms with Crippen molar-refractivity contribution < 1.29 is 21.9 Å². The number of benzene rings is 1. The quantitative estimate of drug-likeness (QED) is 0.932. The van der Waals surface area contributed by atoms with Gasteiger partial charge in [0.1, 0.15) is 4.90 Å². The van der Waals surface area contributed by atoms with E-state index in [9.17, 15) is 17.2 Å². The molecule has 0 unspecified atom stereocenters. The van der Waals surface area contributed by atoms with E-state index in [1.54, 1.807) is 0 Å². The lowest BCUT2D eigenvalue weighted by molar-refractivity contribution is 0.397. The molecule has 0 aliphatic heterocycles. The van der Waals surface area contributed by atoms with Crippen LogP contribution in [0, 0.1) is 11.6 Å². The van der Waals surface area contributed by atoms with Gasteiger partial charge in [0.15, 0.2) is 11.6 Å². The Morgan fingerprint density at radius 1 is 1.16 bits per heavy atom. The van der Waals surface area contributed by atoms with Crippen molar-refractivity contribution in [1.82, 2.24) is 4.98 Å². The Morgan fingerprint density at radius 2 is 1.89 bits per heavy atom.